The van der Waals surface area contributed by atoms with Crippen molar-refractivity contribution < 1.29 is 4.74 Å². The van der Waals surface area contributed by atoms with Gasteiger partial charge < -0.3 is 18.8 Å². The molecule has 0 saturated carbocycles. The number of anilines is 3. The van der Waals surface area contributed by atoms with Gasteiger partial charge in [-0.2, -0.15) is 0 Å². The highest BCUT2D eigenvalue weighted by Crippen LogP contribution is 2.53. The van der Waals surface area contributed by atoms with E-state index in [9.17, 15) is 0 Å². The average molecular weight is 1360 g/mol. The number of benzene rings is 14. The third-order valence-corrected chi connectivity index (χ3v) is 24.7. The molecule has 0 amide bonds. The van der Waals surface area contributed by atoms with Crippen LogP contribution in [0, 0.1) is 0 Å². The van der Waals surface area contributed by atoms with Crippen molar-refractivity contribution in [2.45, 2.75) is 78.6 Å². The van der Waals surface area contributed by atoms with Crippen molar-refractivity contribution in [3.8, 4) is 67.4 Å². The van der Waals surface area contributed by atoms with Crippen LogP contribution < -0.4 is 26.0 Å². The summed E-state index contributed by atoms with van der Waals surface area (Å²) >= 11 is 3.82. The Hall–Kier alpha value is -11.2. The summed E-state index contributed by atoms with van der Waals surface area (Å²) in [7, 11) is 0. The fourth-order valence-corrected chi connectivity index (χ4v) is 19.6. The van der Waals surface area contributed by atoms with Gasteiger partial charge in [0.1, 0.15) is 11.5 Å². The average Bonchev–Trinajstić information content (AvgIpc) is 1.44. The molecule has 0 atom stereocenters. The topological polar surface area (TPSA) is 22.3 Å². The molecular formula is C96H74BN3OS2. The van der Waals surface area contributed by atoms with E-state index in [-0.39, 0.29) is 23.0 Å². The van der Waals surface area contributed by atoms with Crippen molar-refractivity contribution in [1.29, 1.82) is 0 Å². The van der Waals surface area contributed by atoms with Gasteiger partial charge in [-0.05, 0) is 174 Å². The molecule has 2 aliphatic rings. The van der Waals surface area contributed by atoms with Crippen LogP contribution in [0.15, 0.2) is 285 Å². The van der Waals surface area contributed by atoms with Gasteiger partial charge in [0.05, 0.1) is 27.8 Å². The van der Waals surface area contributed by atoms with Gasteiger partial charge in [0.2, 0.25) is 0 Å². The number of ether oxygens (including phenoxy) is 1. The first-order valence-corrected chi connectivity index (χ1v) is 37.8. The van der Waals surface area contributed by atoms with E-state index in [0.717, 1.165) is 73.0 Å². The molecule has 20 rings (SSSR count). The van der Waals surface area contributed by atoms with E-state index in [1.807, 2.05) is 22.7 Å². The molecule has 4 nitrogen and oxygen atoms in total. The molecule has 7 heteroatoms. The first-order chi connectivity index (χ1) is 50.0. The van der Waals surface area contributed by atoms with E-state index in [4.69, 9.17) is 4.74 Å². The molecule has 4 aromatic heterocycles. The lowest BCUT2D eigenvalue weighted by molar-refractivity contribution is 0.487. The predicted octanol–water partition coefficient (Wildman–Crippen LogP) is 25.6. The van der Waals surface area contributed by atoms with Gasteiger partial charge in [0.15, 0.2) is 0 Å². The maximum atomic E-state index is 7.78. The van der Waals surface area contributed by atoms with Gasteiger partial charge >= 0.3 is 0 Å². The molecule has 6 heterocycles. The highest BCUT2D eigenvalue weighted by molar-refractivity contribution is 7.28. The Bertz CT molecular complexity index is 6480. The molecule has 2 aliphatic heterocycles. The summed E-state index contributed by atoms with van der Waals surface area (Å²) in [5.74, 6) is 1.71. The minimum atomic E-state index is -0.198. The molecule has 0 bridgehead atoms. The van der Waals surface area contributed by atoms with Crippen molar-refractivity contribution in [2.24, 2.45) is 0 Å². The van der Waals surface area contributed by atoms with Gasteiger partial charge in [0, 0.05) is 102 Å². The van der Waals surface area contributed by atoms with Crippen LogP contribution in [-0.4, -0.2) is 15.8 Å². The Balaban J connectivity index is 0.860. The second-order valence-electron chi connectivity index (χ2n) is 31.6. The van der Waals surface area contributed by atoms with Crippen LogP contribution in [0.5, 0.6) is 11.5 Å². The van der Waals surface area contributed by atoms with E-state index in [1.54, 1.807) is 0 Å². The summed E-state index contributed by atoms with van der Waals surface area (Å²) in [6, 6.07) is 108. The first-order valence-electron chi connectivity index (χ1n) is 36.2. The summed E-state index contributed by atoms with van der Waals surface area (Å²) in [6.45, 7) is 20.7. The summed E-state index contributed by atoms with van der Waals surface area (Å²) in [5.41, 5.74) is 27.0. The zero-order valence-electron chi connectivity index (χ0n) is 59.3. The zero-order valence-corrected chi connectivity index (χ0v) is 60.9. The van der Waals surface area contributed by atoms with E-state index in [1.165, 1.54) is 128 Å². The SMILES string of the molecule is CC(C)(C)c1ccc(N2c3cc(-n4c5ccc(C(C)(C)C)cc5c5cc(C(C)(C)C)ccc54)ccc3B3c4ccc(-n5c6ccccc6c6ccccc65)cc4Oc4cc(-c5cccc6c5sc5ccc7sc8c(-c9ccccc9-c9ccccc9)cccc8c7c56)cc2c43)c(-c2ccccc2)c1. The minimum absolute atomic E-state index is 0.0415. The maximum Gasteiger partial charge on any atom is 0.256 e. The second kappa shape index (κ2) is 22.6. The predicted molar refractivity (Wildman–Crippen MR) is 445 cm³/mol. The van der Waals surface area contributed by atoms with Crippen molar-refractivity contribution >= 4 is 147 Å². The first kappa shape index (κ1) is 61.6. The van der Waals surface area contributed by atoms with Crippen molar-refractivity contribution in [2.75, 3.05) is 4.90 Å². The lowest BCUT2D eigenvalue weighted by atomic mass is 9.34. The molecule has 0 saturated heterocycles. The lowest BCUT2D eigenvalue weighted by Gasteiger charge is -2.41. The van der Waals surface area contributed by atoms with Crippen molar-refractivity contribution in [1.82, 2.24) is 9.13 Å². The molecule has 0 spiro atoms. The van der Waals surface area contributed by atoms with Crippen LogP contribution in [0.3, 0.4) is 0 Å². The molecule has 0 radical (unpaired) electrons. The quantitative estimate of drug-likeness (QED) is 0.148. The monoisotopic (exact) mass is 1360 g/mol. The number of rotatable bonds is 7. The number of para-hydroxylation sites is 2. The fraction of sp³-hybridized carbons (Fsp3) is 0.125. The fourth-order valence-electron chi connectivity index (χ4n) is 17.1. The molecule has 0 aliphatic carbocycles. The highest BCUT2D eigenvalue weighted by Gasteiger charge is 2.44. The molecular weight excluding hydrogens is 1290 g/mol. The van der Waals surface area contributed by atoms with Gasteiger partial charge in [0.25, 0.3) is 6.71 Å². The normalized spacial score (nSPS) is 13.1. The molecule has 0 fully saturated rings. The number of thiophene rings is 2. The minimum Gasteiger partial charge on any atom is -0.458 e. The zero-order chi connectivity index (χ0) is 69.5. The summed E-state index contributed by atoms with van der Waals surface area (Å²) in [6.07, 6.45) is 0. The molecule has 18 aromatic rings. The summed E-state index contributed by atoms with van der Waals surface area (Å²) in [5, 5.41) is 10.2. The second-order valence-corrected chi connectivity index (χ2v) is 33.7. The number of aromatic nitrogens is 2. The van der Waals surface area contributed by atoms with Gasteiger partial charge in [-0.3, -0.25) is 0 Å². The number of nitrogens with zero attached hydrogens (tertiary/aromatic N) is 3. The van der Waals surface area contributed by atoms with Crippen LogP contribution in [0.4, 0.5) is 17.1 Å². The molecule has 0 unspecified atom stereocenters. The summed E-state index contributed by atoms with van der Waals surface area (Å²) in [4.78, 5) is 2.62. The van der Waals surface area contributed by atoms with Crippen LogP contribution in [0.1, 0.15) is 79.0 Å². The van der Waals surface area contributed by atoms with E-state index < -0.39 is 0 Å². The van der Waals surface area contributed by atoms with E-state index >= 15 is 0 Å². The smallest absolute Gasteiger partial charge is 0.256 e. The van der Waals surface area contributed by atoms with Crippen LogP contribution >= 0.6 is 22.7 Å². The van der Waals surface area contributed by atoms with Gasteiger partial charge in [-0.15, -0.1) is 22.7 Å². The highest BCUT2D eigenvalue weighted by atomic mass is 32.1. The molecule has 494 valence electrons. The number of fused-ring (bicyclic) bond motifs is 17. The van der Waals surface area contributed by atoms with Crippen molar-refractivity contribution in [3.05, 3.63) is 302 Å². The Morgan fingerprint density at radius 2 is 0.777 bits per heavy atom. The van der Waals surface area contributed by atoms with E-state index in [2.05, 4.69) is 361 Å². The molecule has 103 heavy (non-hydrogen) atoms. The maximum absolute atomic E-state index is 7.78. The van der Waals surface area contributed by atoms with E-state index in [0.29, 0.717) is 0 Å². The molecule has 14 aromatic carbocycles. The van der Waals surface area contributed by atoms with Crippen molar-refractivity contribution in [3.63, 3.8) is 0 Å². The lowest BCUT2D eigenvalue weighted by Crippen LogP contribution is -2.59. The van der Waals surface area contributed by atoms with Gasteiger partial charge in [-0.1, -0.05) is 250 Å². The number of hydrogen-bond donors (Lipinski definition) is 0. The Morgan fingerprint density at radius 1 is 0.301 bits per heavy atom. The van der Waals surface area contributed by atoms with Crippen LogP contribution in [0.25, 0.3) is 140 Å². The molecule has 0 N–H and O–H groups in total. The Morgan fingerprint density at radius 3 is 1.38 bits per heavy atom. The number of hydrogen-bond acceptors (Lipinski definition) is 4. The van der Waals surface area contributed by atoms with Crippen LogP contribution in [-0.2, 0) is 16.2 Å². The Labute approximate surface area is 609 Å². The third-order valence-electron chi connectivity index (χ3n) is 22.3. The van der Waals surface area contributed by atoms with Crippen LogP contribution in [0.2, 0.25) is 0 Å². The summed E-state index contributed by atoms with van der Waals surface area (Å²) < 4.78 is 17.9. The third kappa shape index (κ3) is 9.55. The largest absolute Gasteiger partial charge is 0.458 e. The Kier molecular flexibility index (Phi) is 13.5. The standard InChI is InChI=1S/C96H74BN3OS2/c1-94(2,3)60-38-45-80(73(52-60)58-26-14-11-15-27-58)100-83-55-63(98-81-46-39-61(95(4,5)6)53-74(81)75-54-62(96(7,8)9)40-47-82(75)98)41-43-76(83)97-77-44-42-64(99-78-36-20-18-30-68(78)69-31-19-21-37-79(69)99)56-85(77)101-86-51-59(50-84(100)91(86)97)66-32-22-34-71-89-87(102-92(66)71)48-49-88-90(89)72-35-23-33-70(93(72)103-88)67-29-17-16-28-65(67)57-24-12-10-13-25-57/h10-56H,1-9H3. The van der Waals surface area contributed by atoms with Gasteiger partial charge in [-0.25, -0.2) is 0 Å².